The molecular formula is C16H26O2. The SMILES string of the molecule is CC(CC(O)C(C)O)c1ccc(C(C)(C)C)cc1. The first kappa shape index (κ1) is 15.2. The fourth-order valence-electron chi connectivity index (χ4n) is 2.01. The van der Waals surface area contributed by atoms with Gasteiger partial charge in [0.1, 0.15) is 0 Å². The molecule has 0 bridgehead atoms. The topological polar surface area (TPSA) is 40.5 Å². The van der Waals surface area contributed by atoms with Gasteiger partial charge in [0, 0.05) is 0 Å². The lowest BCUT2D eigenvalue weighted by Crippen LogP contribution is -2.24. The van der Waals surface area contributed by atoms with Gasteiger partial charge in [-0.2, -0.15) is 0 Å². The lowest BCUT2D eigenvalue weighted by atomic mass is 9.85. The number of benzene rings is 1. The maximum atomic E-state index is 9.69. The first-order valence-electron chi connectivity index (χ1n) is 6.68. The number of hydrogen-bond acceptors (Lipinski definition) is 2. The maximum absolute atomic E-state index is 9.69. The third-order valence-electron chi connectivity index (χ3n) is 3.50. The van der Waals surface area contributed by atoms with Gasteiger partial charge >= 0.3 is 0 Å². The first-order valence-corrected chi connectivity index (χ1v) is 6.68. The Hall–Kier alpha value is -0.860. The molecule has 0 fully saturated rings. The summed E-state index contributed by atoms with van der Waals surface area (Å²) in [6.07, 6.45) is -0.726. The van der Waals surface area contributed by atoms with Crippen LogP contribution in [0, 0.1) is 0 Å². The molecule has 2 nitrogen and oxygen atoms in total. The zero-order chi connectivity index (χ0) is 13.9. The van der Waals surface area contributed by atoms with Crippen molar-refractivity contribution in [1.82, 2.24) is 0 Å². The van der Waals surface area contributed by atoms with Gasteiger partial charge in [-0.15, -0.1) is 0 Å². The van der Waals surface area contributed by atoms with Crippen LogP contribution in [0.15, 0.2) is 24.3 Å². The van der Waals surface area contributed by atoms with E-state index in [1.54, 1.807) is 6.92 Å². The smallest absolute Gasteiger partial charge is 0.0802 e. The molecule has 3 atom stereocenters. The van der Waals surface area contributed by atoms with Gasteiger partial charge in [-0.1, -0.05) is 52.0 Å². The van der Waals surface area contributed by atoms with Crippen LogP contribution in [0.4, 0.5) is 0 Å². The standard InChI is InChI=1S/C16H26O2/c1-11(10-15(18)12(2)17)13-6-8-14(9-7-13)16(3,4)5/h6-9,11-12,15,17-18H,10H2,1-5H3. The van der Waals surface area contributed by atoms with Gasteiger partial charge in [0.25, 0.3) is 0 Å². The van der Waals surface area contributed by atoms with Crippen molar-refractivity contribution in [3.05, 3.63) is 35.4 Å². The third kappa shape index (κ3) is 4.11. The first-order chi connectivity index (χ1) is 8.21. The van der Waals surface area contributed by atoms with E-state index in [0.29, 0.717) is 6.42 Å². The van der Waals surface area contributed by atoms with Crippen LogP contribution in [-0.4, -0.2) is 22.4 Å². The summed E-state index contributed by atoms with van der Waals surface area (Å²) in [5, 5.41) is 19.0. The molecule has 1 aromatic rings. The molecule has 2 N–H and O–H groups in total. The summed E-state index contributed by atoms with van der Waals surface area (Å²) in [6.45, 7) is 10.3. The van der Waals surface area contributed by atoms with E-state index in [1.807, 2.05) is 0 Å². The maximum Gasteiger partial charge on any atom is 0.0802 e. The average molecular weight is 250 g/mol. The molecule has 18 heavy (non-hydrogen) atoms. The summed E-state index contributed by atoms with van der Waals surface area (Å²) >= 11 is 0. The van der Waals surface area contributed by atoms with Crippen molar-refractivity contribution >= 4 is 0 Å². The van der Waals surface area contributed by atoms with Gasteiger partial charge in [-0.05, 0) is 35.8 Å². The zero-order valence-electron chi connectivity index (χ0n) is 12.1. The Bertz CT molecular complexity index is 360. The largest absolute Gasteiger partial charge is 0.391 e. The molecular weight excluding hydrogens is 224 g/mol. The van der Waals surface area contributed by atoms with Crippen molar-refractivity contribution < 1.29 is 10.2 Å². The molecule has 0 aromatic heterocycles. The second kappa shape index (κ2) is 5.85. The molecule has 0 radical (unpaired) electrons. The summed E-state index contributed by atoms with van der Waals surface area (Å²) in [4.78, 5) is 0. The second-order valence-electron chi connectivity index (χ2n) is 6.32. The van der Waals surface area contributed by atoms with Gasteiger partial charge in [-0.25, -0.2) is 0 Å². The van der Waals surface area contributed by atoms with Gasteiger partial charge in [0.2, 0.25) is 0 Å². The summed E-state index contributed by atoms with van der Waals surface area (Å²) < 4.78 is 0. The Morgan fingerprint density at radius 2 is 1.50 bits per heavy atom. The van der Waals surface area contributed by atoms with E-state index in [1.165, 1.54) is 11.1 Å². The Balaban J connectivity index is 2.73. The fourth-order valence-corrected chi connectivity index (χ4v) is 2.01. The summed E-state index contributed by atoms with van der Waals surface area (Å²) in [5.74, 6) is 0.253. The molecule has 102 valence electrons. The monoisotopic (exact) mass is 250 g/mol. The van der Waals surface area contributed by atoms with Crippen molar-refractivity contribution in [2.24, 2.45) is 0 Å². The van der Waals surface area contributed by atoms with Crippen molar-refractivity contribution in [2.75, 3.05) is 0 Å². The molecule has 0 amide bonds. The third-order valence-corrected chi connectivity index (χ3v) is 3.50. The van der Waals surface area contributed by atoms with Crippen molar-refractivity contribution in [1.29, 1.82) is 0 Å². The lowest BCUT2D eigenvalue weighted by molar-refractivity contribution is 0.0227. The highest BCUT2D eigenvalue weighted by atomic mass is 16.3. The van der Waals surface area contributed by atoms with Crippen molar-refractivity contribution in [3.8, 4) is 0 Å². The van der Waals surface area contributed by atoms with Crippen LogP contribution < -0.4 is 0 Å². The van der Waals surface area contributed by atoms with Crippen molar-refractivity contribution in [2.45, 2.75) is 64.6 Å². The molecule has 1 rings (SSSR count). The molecule has 0 aliphatic carbocycles. The highest BCUT2D eigenvalue weighted by molar-refractivity contribution is 5.29. The van der Waals surface area contributed by atoms with E-state index in [0.717, 1.165) is 0 Å². The van der Waals surface area contributed by atoms with Gasteiger partial charge in [0.15, 0.2) is 0 Å². The second-order valence-corrected chi connectivity index (χ2v) is 6.32. The summed E-state index contributed by atoms with van der Waals surface area (Å²) in [6, 6.07) is 8.56. The number of aliphatic hydroxyl groups is 2. The van der Waals surface area contributed by atoms with Crippen LogP contribution >= 0.6 is 0 Å². The molecule has 0 saturated heterocycles. The van der Waals surface area contributed by atoms with Crippen LogP contribution in [0.5, 0.6) is 0 Å². The Kier molecular flexibility index (Phi) is 4.94. The van der Waals surface area contributed by atoms with Crippen molar-refractivity contribution in [3.63, 3.8) is 0 Å². The Morgan fingerprint density at radius 1 is 1.00 bits per heavy atom. The van der Waals surface area contributed by atoms with E-state index < -0.39 is 12.2 Å². The highest BCUT2D eigenvalue weighted by Crippen LogP contribution is 2.26. The van der Waals surface area contributed by atoms with Gasteiger partial charge < -0.3 is 10.2 Å². The molecule has 0 spiro atoms. The predicted molar refractivity (Wildman–Crippen MR) is 75.9 cm³/mol. The quantitative estimate of drug-likeness (QED) is 0.861. The molecule has 2 heteroatoms. The fraction of sp³-hybridized carbons (Fsp3) is 0.625. The van der Waals surface area contributed by atoms with Crippen LogP contribution in [0.25, 0.3) is 0 Å². The molecule has 3 unspecified atom stereocenters. The molecule has 0 heterocycles. The number of aliphatic hydroxyl groups excluding tert-OH is 2. The number of hydrogen-bond donors (Lipinski definition) is 2. The highest BCUT2D eigenvalue weighted by Gasteiger charge is 2.17. The average Bonchev–Trinajstić information content (AvgIpc) is 2.27. The van der Waals surface area contributed by atoms with E-state index in [2.05, 4.69) is 52.0 Å². The zero-order valence-corrected chi connectivity index (χ0v) is 12.1. The van der Waals surface area contributed by atoms with E-state index in [-0.39, 0.29) is 11.3 Å². The molecule has 0 saturated carbocycles. The van der Waals surface area contributed by atoms with Gasteiger partial charge in [-0.3, -0.25) is 0 Å². The summed E-state index contributed by atoms with van der Waals surface area (Å²) in [7, 11) is 0. The van der Waals surface area contributed by atoms with Crippen LogP contribution in [0.3, 0.4) is 0 Å². The molecule has 0 aliphatic rings. The summed E-state index contributed by atoms with van der Waals surface area (Å²) in [5.41, 5.74) is 2.69. The van der Waals surface area contributed by atoms with E-state index in [9.17, 15) is 10.2 Å². The minimum atomic E-state index is -0.665. The Morgan fingerprint density at radius 3 is 1.89 bits per heavy atom. The predicted octanol–water partition coefficient (Wildman–Crippen LogP) is 3.22. The van der Waals surface area contributed by atoms with Gasteiger partial charge in [0.05, 0.1) is 12.2 Å². The van der Waals surface area contributed by atoms with Crippen LogP contribution in [0.1, 0.15) is 58.1 Å². The Labute approximate surface area is 111 Å². The number of rotatable bonds is 4. The van der Waals surface area contributed by atoms with E-state index in [4.69, 9.17) is 0 Å². The van der Waals surface area contributed by atoms with Crippen LogP contribution in [0.2, 0.25) is 0 Å². The minimum Gasteiger partial charge on any atom is -0.391 e. The lowest BCUT2D eigenvalue weighted by Gasteiger charge is -2.22. The molecule has 0 aliphatic heterocycles. The van der Waals surface area contributed by atoms with E-state index >= 15 is 0 Å². The molecule has 1 aromatic carbocycles. The minimum absolute atomic E-state index is 0.168. The van der Waals surface area contributed by atoms with Crippen LogP contribution in [-0.2, 0) is 5.41 Å². The normalized spacial score (nSPS) is 17.3.